The summed E-state index contributed by atoms with van der Waals surface area (Å²) in [6.07, 6.45) is 2.03. The van der Waals surface area contributed by atoms with Crippen molar-refractivity contribution in [3.8, 4) is 0 Å². The molecule has 0 aliphatic carbocycles. The molecule has 82 valence electrons. The molecule has 0 saturated carbocycles. The van der Waals surface area contributed by atoms with Crippen molar-refractivity contribution >= 4 is 44.7 Å². The second-order valence-corrected chi connectivity index (χ2v) is 5.40. The van der Waals surface area contributed by atoms with Gasteiger partial charge in [0, 0.05) is 21.6 Å². The molecule has 2 aromatic rings. The number of hydrogen-bond acceptors (Lipinski definition) is 3. The molecule has 1 heterocycles. The van der Waals surface area contributed by atoms with Crippen molar-refractivity contribution in [2.24, 2.45) is 0 Å². The molecule has 0 aliphatic heterocycles. The zero-order valence-electron chi connectivity index (χ0n) is 8.11. The minimum Gasteiger partial charge on any atom is -0.294 e. The lowest BCUT2D eigenvalue weighted by Gasteiger charge is -2.01. The number of rotatable bonds is 3. The average Bonchev–Trinajstić information content (AvgIpc) is 2.74. The number of Topliss-reactive ketones (excluding diaryl/α,β-unsaturated/α-hetero) is 1. The molecule has 2 rings (SSSR count). The molecule has 0 aliphatic rings. The molecule has 0 N–H and O–H groups in total. The minimum absolute atomic E-state index is 0.0318. The van der Waals surface area contributed by atoms with E-state index in [1.165, 1.54) is 11.3 Å². The second-order valence-electron chi connectivity index (χ2n) is 3.15. The molecule has 0 radical (unpaired) electrons. The highest BCUT2D eigenvalue weighted by Gasteiger charge is 2.10. The number of benzene rings is 1. The Morgan fingerprint density at radius 1 is 1.50 bits per heavy atom. The molecule has 0 saturated heterocycles. The maximum absolute atomic E-state index is 11.9. The van der Waals surface area contributed by atoms with Gasteiger partial charge in [0.25, 0.3) is 0 Å². The van der Waals surface area contributed by atoms with Gasteiger partial charge in [0.15, 0.2) is 5.78 Å². The molecular weight excluding hydrogens is 310 g/mol. The smallest absolute Gasteiger partial charge is 0.169 e. The van der Waals surface area contributed by atoms with E-state index in [4.69, 9.17) is 11.6 Å². The van der Waals surface area contributed by atoms with Crippen LogP contribution in [-0.2, 0) is 6.42 Å². The topological polar surface area (TPSA) is 30.0 Å². The summed E-state index contributed by atoms with van der Waals surface area (Å²) in [4.78, 5) is 15.9. The summed E-state index contributed by atoms with van der Waals surface area (Å²) < 4.78 is 0.792. The third-order valence-electron chi connectivity index (χ3n) is 2.04. The molecule has 0 bridgehead atoms. The number of thiazole rings is 1. The Kier molecular flexibility index (Phi) is 3.74. The Bertz CT molecular complexity index is 513. The lowest BCUT2D eigenvalue weighted by Crippen LogP contribution is -2.03. The van der Waals surface area contributed by atoms with Crippen molar-refractivity contribution < 1.29 is 4.79 Å². The first-order valence-corrected chi connectivity index (χ1v) is 6.58. The van der Waals surface area contributed by atoms with E-state index in [0.717, 1.165) is 9.48 Å². The largest absolute Gasteiger partial charge is 0.294 e. The van der Waals surface area contributed by atoms with Crippen LogP contribution in [0.15, 0.2) is 34.2 Å². The fourth-order valence-electron chi connectivity index (χ4n) is 1.25. The molecule has 0 spiro atoms. The lowest BCUT2D eigenvalue weighted by atomic mass is 10.1. The SMILES string of the molecule is O=C(Cc1nccs1)c1ccc(Br)c(Cl)c1. The highest BCUT2D eigenvalue weighted by Crippen LogP contribution is 2.24. The van der Waals surface area contributed by atoms with Gasteiger partial charge in [-0.25, -0.2) is 4.98 Å². The number of halogens is 2. The van der Waals surface area contributed by atoms with Crippen molar-refractivity contribution in [1.29, 1.82) is 0 Å². The molecule has 0 unspecified atom stereocenters. The summed E-state index contributed by atoms with van der Waals surface area (Å²) in [5.74, 6) is 0.0318. The van der Waals surface area contributed by atoms with Crippen molar-refractivity contribution in [3.05, 3.63) is 49.8 Å². The number of hydrogen-bond donors (Lipinski definition) is 0. The van der Waals surface area contributed by atoms with E-state index in [2.05, 4.69) is 20.9 Å². The Balaban J connectivity index is 2.18. The molecule has 2 nitrogen and oxygen atoms in total. The van der Waals surface area contributed by atoms with Crippen LogP contribution in [0.5, 0.6) is 0 Å². The van der Waals surface area contributed by atoms with Crippen LogP contribution in [0.2, 0.25) is 5.02 Å². The molecule has 1 aromatic heterocycles. The zero-order valence-corrected chi connectivity index (χ0v) is 11.3. The van der Waals surface area contributed by atoms with Gasteiger partial charge in [0.05, 0.1) is 11.4 Å². The van der Waals surface area contributed by atoms with Gasteiger partial charge in [-0.15, -0.1) is 11.3 Å². The van der Waals surface area contributed by atoms with Gasteiger partial charge in [-0.1, -0.05) is 17.7 Å². The van der Waals surface area contributed by atoms with Crippen molar-refractivity contribution in [2.75, 3.05) is 0 Å². The fourth-order valence-corrected chi connectivity index (χ4v) is 2.29. The number of carbonyl (C=O) groups is 1. The standard InChI is InChI=1S/C11H7BrClNOS/c12-8-2-1-7(5-9(8)13)10(15)6-11-14-3-4-16-11/h1-5H,6H2. The molecular formula is C11H7BrClNOS. The van der Waals surface area contributed by atoms with E-state index in [-0.39, 0.29) is 5.78 Å². The highest BCUT2D eigenvalue weighted by atomic mass is 79.9. The summed E-state index contributed by atoms with van der Waals surface area (Å²) in [7, 11) is 0. The predicted molar refractivity (Wildman–Crippen MR) is 69.3 cm³/mol. The monoisotopic (exact) mass is 315 g/mol. The Morgan fingerprint density at radius 3 is 2.94 bits per heavy atom. The van der Waals surface area contributed by atoms with Crippen molar-refractivity contribution in [3.63, 3.8) is 0 Å². The van der Waals surface area contributed by atoms with Gasteiger partial charge in [0.2, 0.25) is 0 Å². The molecule has 1 aromatic carbocycles. The quantitative estimate of drug-likeness (QED) is 0.802. The van der Waals surface area contributed by atoms with E-state index >= 15 is 0 Å². The molecule has 16 heavy (non-hydrogen) atoms. The van der Waals surface area contributed by atoms with Crippen LogP contribution in [0.3, 0.4) is 0 Å². The molecule has 5 heteroatoms. The number of aromatic nitrogens is 1. The molecule has 0 amide bonds. The maximum Gasteiger partial charge on any atom is 0.169 e. The average molecular weight is 317 g/mol. The molecule has 0 atom stereocenters. The Hall–Kier alpha value is -0.710. The summed E-state index contributed by atoms with van der Waals surface area (Å²) >= 11 is 10.7. The van der Waals surface area contributed by atoms with E-state index < -0.39 is 0 Å². The van der Waals surface area contributed by atoms with Crippen LogP contribution in [0.25, 0.3) is 0 Å². The number of nitrogens with zero attached hydrogens (tertiary/aromatic N) is 1. The summed E-state index contributed by atoms with van der Waals surface area (Å²) in [6, 6.07) is 5.20. The van der Waals surface area contributed by atoms with Crippen LogP contribution in [0.1, 0.15) is 15.4 Å². The summed E-state index contributed by atoms with van der Waals surface area (Å²) in [6.45, 7) is 0. The van der Waals surface area contributed by atoms with E-state index in [0.29, 0.717) is 17.0 Å². The normalized spacial score (nSPS) is 10.4. The fraction of sp³-hybridized carbons (Fsp3) is 0.0909. The number of ketones is 1. The zero-order chi connectivity index (χ0) is 11.5. The number of carbonyl (C=O) groups excluding carboxylic acids is 1. The van der Waals surface area contributed by atoms with Gasteiger partial charge in [0.1, 0.15) is 5.01 Å². The van der Waals surface area contributed by atoms with Gasteiger partial charge in [-0.05, 0) is 28.1 Å². The Labute approximate surface area is 110 Å². The van der Waals surface area contributed by atoms with Crippen LogP contribution in [0.4, 0.5) is 0 Å². The van der Waals surface area contributed by atoms with E-state index in [1.54, 1.807) is 24.4 Å². The highest BCUT2D eigenvalue weighted by molar-refractivity contribution is 9.10. The van der Waals surface area contributed by atoms with Crippen LogP contribution in [0, 0.1) is 0 Å². The lowest BCUT2D eigenvalue weighted by molar-refractivity contribution is 0.0993. The first-order valence-electron chi connectivity index (χ1n) is 4.53. The van der Waals surface area contributed by atoms with Crippen LogP contribution >= 0.6 is 38.9 Å². The van der Waals surface area contributed by atoms with Gasteiger partial charge in [-0.2, -0.15) is 0 Å². The predicted octanol–water partition coefficient (Wildman–Crippen LogP) is 3.98. The van der Waals surface area contributed by atoms with E-state index in [1.807, 2.05) is 5.38 Å². The second kappa shape index (κ2) is 5.08. The Morgan fingerprint density at radius 2 is 2.31 bits per heavy atom. The van der Waals surface area contributed by atoms with Gasteiger partial charge >= 0.3 is 0 Å². The van der Waals surface area contributed by atoms with Crippen molar-refractivity contribution in [1.82, 2.24) is 4.98 Å². The summed E-state index contributed by atoms with van der Waals surface area (Å²) in [5.41, 5.74) is 0.614. The third kappa shape index (κ3) is 2.70. The third-order valence-corrected chi connectivity index (χ3v) is 4.05. The summed E-state index contributed by atoms with van der Waals surface area (Å²) in [5, 5.41) is 3.23. The maximum atomic E-state index is 11.9. The minimum atomic E-state index is 0.0318. The first kappa shape index (κ1) is 11.8. The van der Waals surface area contributed by atoms with Crippen molar-refractivity contribution in [2.45, 2.75) is 6.42 Å². The van der Waals surface area contributed by atoms with Gasteiger partial charge < -0.3 is 0 Å². The van der Waals surface area contributed by atoms with Crippen LogP contribution in [-0.4, -0.2) is 10.8 Å². The van der Waals surface area contributed by atoms with Crippen LogP contribution < -0.4 is 0 Å². The molecule has 0 fully saturated rings. The van der Waals surface area contributed by atoms with Gasteiger partial charge in [-0.3, -0.25) is 4.79 Å². The van der Waals surface area contributed by atoms with E-state index in [9.17, 15) is 4.79 Å². The first-order chi connectivity index (χ1) is 7.66.